The lowest BCUT2D eigenvalue weighted by molar-refractivity contribution is 0.0524. The van der Waals surface area contributed by atoms with Crippen LogP contribution in [0.2, 0.25) is 0 Å². The minimum Gasteiger partial charge on any atom is -0.444 e. The molecule has 30 heavy (non-hydrogen) atoms. The molecule has 1 saturated heterocycles. The molecule has 1 fully saturated rings. The minimum atomic E-state index is -0.476. The van der Waals surface area contributed by atoms with E-state index in [0.29, 0.717) is 6.54 Å². The summed E-state index contributed by atoms with van der Waals surface area (Å²) >= 11 is 5.38. The highest BCUT2D eigenvalue weighted by molar-refractivity contribution is 8.01. The smallest absolute Gasteiger partial charge is 0.407 e. The number of thioether (sulfide) groups is 1. The lowest BCUT2D eigenvalue weighted by Crippen LogP contribution is -2.44. The van der Waals surface area contributed by atoms with Gasteiger partial charge in [-0.3, -0.25) is 4.90 Å². The first kappa shape index (κ1) is 23.5. The number of hydrogen-bond acceptors (Lipinski definition) is 7. The molecular formula is C22H31N3O2S3. The number of piperazine rings is 1. The quantitative estimate of drug-likeness (QED) is 0.540. The zero-order valence-electron chi connectivity index (χ0n) is 17.9. The largest absolute Gasteiger partial charge is 0.444 e. The molecular weight excluding hydrogens is 434 g/mol. The van der Waals surface area contributed by atoms with Crippen molar-refractivity contribution < 1.29 is 9.53 Å². The number of rotatable bonds is 8. The van der Waals surface area contributed by atoms with Gasteiger partial charge >= 0.3 is 6.09 Å². The molecule has 0 radical (unpaired) electrons. The van der Waals surface area contributed by atoms with E-state index in [1.807, 2.05) is 32.5 Å². The number of amides is 1. The maximum absolute atomic E-state index is 11.8. The highest BCUT2D eigenvalue weighted by Gasteiger charge is 2.16. The molecule has 0 bridgehead atoms. The van der Waals surface area contributed by atoms with Crippen LogP contribution in [0, 0.1) is 0 Å². The molecule has 0 aliphatic carbocycles. The zero-order chi connectivity index (χ0) is 21.4. The van der Waals surface area contributed by atoms with Gasteiger partial charge in [-0.1, -0.05) is 11.8 Å². The number of hydrogen-bond donors (Lipinski definition) is 2. The van der Waals surface area contributed by atoms with Gasteiger partial charge in [-0.15, -0.1) is 23.1 Å². The summed E-state index contributed by atoms with van der Waals surface area (Å²) in [6.07, 6.45) is -0.379. The van der Waals surface area contributed by atoms with E-state index >= 15 is 0 Å². The number of nitrogens with one attached hydrogen (secondary N) is 2. The molecule has 1 aromatic heterocycles. The second kappa shape index (κ2) is 11.4. The average Bonchev–Trinajstić information content (AvgIpc) is 3.15. The first-order valence-electron chi connectivity index (χ1n) is 10.3. The van der Waals surface area contributed by atoms with Crippen molar-refractivity contribution in [1.82, 2.24) is 15.5 Å². The Morgan fingerprint density at radius 3 is 2.53 bits per heavy atom. The predicted octanol–water partition coefficient (Wildman–Crippen LogP) is 4.92. The van der Waals surface area contributed by atoms with Crippen LogP contribution in [0.3, 0.4) is 0 Å². The topological polar surface area (TPSA) is 53.6 Å². The summed E-state index contributed by atoms with van der Waals surface area (Å²) in [5, 5.41) is 6.21. The number of alkyl carbamates (subject to hydrolysis) is 1. The van der Waals surface area contributed by atoms with Crippen LogP contribution in [0.1, 0.15) is 25.6 Å². The predicted molar refractivity (Wildman–Crippen MR) is 128 cm³/mol. The van der Waals surface area contributed by atoms with Crippen molar-refractivity contribution in [3.8, 4) is 0 Å². The second-order valence-electron chi connectivity index (χ2n) is 8.09. The zero-order valence-corrected chi connectivity index (χ0v) is 20.4. The first-order valence-corrected chi connectivity index (χ1v) is 12.9. The number of ether oxygens (including phenoxy) is 1. The molecule has 164 valence electrons. The molecule has 5 nitrogen and oxygen atoms in total. The van der Waals surface area contributed by atoms with Crippen molar-refractivity contribution in [3.63, 3.8) is 0 Å². The van der Waals surface area contributed by atoms with E-state index in [1.165, 1.54) is 14.0 Å². The van der Waals surface area contributed by atoms with E-state index in [2.05, 4.69) is 51.9 Å². The Balaban J connectivity index is 1.40. The van der Waals surface area contributed by atoms with Gasteiger partial charge in [-0.25, -0.2) is 4.79 Å². The lowest BCUT2D eigenvalue weighted by Gasteiger charge is -2.26. The summed E-state index contributed by atoms with van der Waals surface area (Å²) in [7, 11) is 0. The molecule has 2 heterocycles. The molecule has 2 N–H and O–H groups in total. The Labute approximate surface area is 192 Å². The molecule has 0 atom stereocenters. The van der Waals surface area contributed by atoms with Crippen molar-refractivity contribution in [2.24, 2.45) is 0 Å². The van der Waals surface area contributed by atoms with Gasteiger partial charge in [0, 0.05) is 53.1 Å². The van der Waals surface area contributed by atoms with Crippen LogP contribution in [0.25, 0.3) is 0 Å². The van der Waals surface area contributed by atoms with Crippen molar-refractivity contribution in [2.45, 2.75) is 46.9 Å². The number of benzene rings is 1. The Hall–Kier alpha value is -1.19. The summed E-state index contributed by atoms with van der Waals surface area (Å²) in [6.45, 7) is 11.8. The fraction of sp³-hybridized carbons (Fsp3) is 0.500. The number of nitrogens with zero attached hydrogens (tertiary/aromatic N) is 1. The average molecular weight is 466 g/mol. The van der Waals surface area contributed by atoms with Gasteiger partial charge in [0.05, 0.1) is 10.8 Å². The summed E-state index contributed by atoms with van der Waals surface area (Å²) < 4.78 is 6.50. The van der Waals surface area contributed by atoms with Crippen LogP contribution in [0.4, 0.5) is 4.79 Å². The molecule has 1 amide bonds. The van der Waals surface area contributed by atoms with E-state index in [9.17, 15) is 4.79 Å². The second-order valence-corrected chi connectivity index (χ2v) is 11.8. The molecule has 0 spiro atoms. The number of thiophene rings is 1. The van der Waals surface area contributed by atoms with Gasteiger partial charge in [-0.2, -0.15) is 0 Å². The maximum atomic E-state index is 11.8. The highest BCUT2D eigenvalue weighted by atomic mass is 32.2. The van der Waals surface area contributed by atoms with Crippen molar-refractivity contribution in [1.29, 1.82) is 0 Å². The van der Waals surface area contributed by atoms with E-state index in [1.54, 1.807) is 23.1 Å². The molecule has 0 unspecified atom stereocenters. The first-order chi connectivity index (χ1) is 14.4. The van der Waals surface area contributed by atoms with Gasteiger partial charge < -0.3 is 15.4 Å². The van der Waals surface area contributed by atoms with Gasteiger partial charge in [0.25, 0.3) is 0 Å². The number of carbonyl (C=O) groups excluding carboxylic acids is 1. The van der Waals surface area contributed by atoms with Crippen molar-refractivity contribution >= 4 is 41.0 Å². The molecule has 8 heteroatoms. The third kappa shape index (κ3) is 8.51. The van der Waals surface area contributed by atoms with E-state index in [4.69, 9.17) is 4.74 Å². The van der Waals surface area contributed by atoms with Crippen LogP contribution in [0.15, 0.2) is 50.4 Å². The van der Waals surface area contributed by atoms with Crippen LogP contribution < -0.4 is 10.6 Å². The Kier molecular flexibility index (Phi) is 8.95. The molecule has 3 rings (SSSR count). The van der Waals surface area contributed by atoms with Gasteiger partial charge in [0.2, 0.25) is 0 Å². The summed E-state index contributed by atoms with van der Waals surface area (Å²) in [6, 6.07) is 13.0. The highest BCUT2D eigenvalue weighted by Crippen LogP contribution is 2.34. The van der Waals surface area contributed by atoms with Crippen molar-refractivity contribution in [2.75, 3.05) is 38.5 Å². The third-order valence-corrected chi connectivity index (χ3v) is 7.59. The number of carbonyl (C=O) groups is 1. The van der Waals surface area contributed by atoms with Crippen molar-refractivity contribution in [3.05, 3.63) is 41.3 Å². The molecule has 1 aromatic carbocycles. The normalized spacial score (nSPS) is 15.2. The van der Waals surface area contributed by atoms with Gasteiger partial charge in [0.1, 0.15) is 5.60 Å². The van der Waals surface area contributed by atoms with Crippen LogP contribution in [0.5, 0.6) is 0 Å². The van der Waals surface area contributed by atoms with Crippen LogP contribution in [-0.2, 0) is 11.3 Å². The Morgan fingerprint density at radius 1 is 1.13 bits per heavy atom. The van der Waals surface area contributed by atoms with E-state index in [0.717, 1.165) is 43.4 Å². The van der Waals surface area contributed by atoms with E-state index < -0.39 is 5.60 Å². The standard InChI is InChI=1S/C22H31N3O2S3/c1-22(2,3)27-21(26)24-16-19-8-9-20(30-19)29-18-6-4-17(5-7-18)28-15-14-25-12-10-23-11-13-25/h4-9,23H,10-16H2,1-3H3,(H,24,26). The lowest BCUT2D eigenvalue weighted by atomic mass is 10.2. The van der Waals surface area contributed by atoms with Crippen LogP contribution >= 0.6 is 34.9 Å². The van der Waals surface area contributed by atoms with Gasteiger partial charge in [0.15, 0.2) is 0 Å². The molecule has 2 aromatic rings. The molecule has 1 aliphatic rings. The summed E-state index contributed by atoms with van der Waals surface area (Å²) in [4.78, 5) is 18.0. The summed E-state index contributed by atoms with van der Waals surface area (Å²) in [5.41, 5.74) is -0.476. The Morgan fingerprint density at radius 2 is 1.83 bits per heavy atom. The fourth-order valence-electron chi connectivity index (χ4n) is 2.93. The third-order valence-electron chi connectivity index (χ3n) is 4.37. The molecule has 1 aliphatic heterocycles. The SMILES string of the molecule is CC(C)(C)OC(=O)NCc1ccc(Sc2ccc(SCCN3CCNCC3)cc2)s1. The van der Waals surface area contributed by atoms with E-state index in [-0.39, 0.29) is 6.09 Å². The maximum Gasteiger partial charge on any atom is 0.407 e. The minimum absolute atomic E-state index is 0.379. The molecule has 0 saturated carbocycles. The summed E-state index contributed by atoms with van der Waals surface area (Å²) in [5.74, 6) is 1.13. The Bertz CT molecular complexity index is 797. The van der Waals surface area contributed by atoms with Gasteiger partial charge in [-0.05, 0) is 57.2 Å². The fourth-order valence-corrected chi connectivity index (χ4v) is 5.93. The van der Waals surface area contributed by atoms with Crippen LogP contribution in [-0.4, -0.2) is 55.1 Å². The monoisotopic (exact) mass is 465 g/mol.